The minimum Gasteiger partial charge on any atom is -0.349 e. The molecule has 7 heteroatoms. The molecule has 0 radical (unpaired) electrons. The fraction of sp³-hybridized carbons (Fsp3) is 0.476. The molecule has 1 heterocycles. The fourth-order valence-electron chi connectivity index (χ4n) is 2.99. The molecule has 0 aliphatic rings. The van der Waals surface area contributed by atoms with Gasteiger partial charge in [0.05, 0.1) is 10.4 Å². The second-order valence-electron chi connectivity index (χ2n) is 6.79. The molecule has 0 aliphatic carbocycles. The van der Waals surface area contributed by atoms with Gasteiger partial charge in [0, 0.05) is 10.9 Å². The van der Waals surface area contributed by atoms with Crippen molar-refractivity contribution in [3.63, 3.8) is 0 Å². The SMILES string of the molecule is CCN(CC)CCCC(C)NC(=O)c1ccc(-c2cccc(C(F)(F)F)c2)s1. The van der Waals surface area contributed by atoms with Crippen molar-refractivity contribution >= 4 is 17.2 Å². The van der Waals surface area contributed by atoms with Crippen molar-refractivity contribution in [3.8, 4) is 10.4 Å². The molecular weight excluding hydrogens is 385 g/mol. The van der Waals surface area contributed by atoms with Gasteiger partial charge in [0.1, 0.15) is 0 Å². The molecule has 0 spiro atoms. The Morgan fingerprint density at radius 3 is 2.54 bits per heavy atom. The Morgan fingerprint density at radius 1 is 1.18 bits per heavy atom. The summed E-state index contributed by atoms with van der Waals surface area (Å²) in [6.07, 6.45) is -2.49. The van der Waals surface area contributed by atoms with Crippen LogP contribution in [0, 0.1) is 0 Å². The number of benzene rings is 1. The predicted molar refractivity (Wildman–Crippen MR) is 109 cm³/mol. The lowest BCUT2D eigenvalue weighted by Crippen LogP contribution is -2.33. The predicted octanol–water partition coefficient (Wildman–Crippen LogP) is 5.67. The molecule has 2 aromatic rings. The molecule has 1 N–H and O–H groups in total. The third kappa shape index (κ3) is 6.34. The number of halogens is 3. The molecule has 1 amide bonds. The maximum Gasteiger partial charge on any atom is 0.416 e. The van der Waals surface area contributed by atoms with E-state index in [4.69, 9.17) is 0 Å². The molecule has 3 nitrogen and oxygen atoms in total. The van der Waals surface area contributed by atoms with Crippen LogP contribution in [-0.4, -0.2) is 36.5 Å². The first-order valence-electron chi connectivity index (χ1n) is 9.55. The summed E-state index contributed by atoms with van der Waals surface area (Å²) in [6, 6.07) is 8.57. The zero-order valence-electron chi connectivity index (χ0n) is 16.5. The summed E-state index contributed by atoms with van der Waals surface area (Å²) in [5, 5.41) is 2.98. The molecule has 1 atom stereocenters. The van der Waals surface area contributed by atoms with E-state index in [2.05, 4.69) is 24.1 Å². The Hall–Kier alpha value is -1.86. The van der Waals surface area contributed by atoms with Gasteiger partial charge in [0.2, 0.25) is 0 Å². The van der Waals surface area contributed by atoms with Crippen LogP contribution in [-0.2, 0) is 6.18 Å². The summed E-state index contributed by atoms with van der Waals surface area (Å²) in [5.41, 5.74) is -0.225. The highest BCUT2D eigenvalue weighted by Crippen LogP contribution is 2.34. The average Bonchev–Trinajstić information content (AvgIpc) is 3.15. The number of nitrogens with one attached hydrogen (secondary N) is 1. The molecule has 2 rings (SSSR count). The van der Waals surface area contributed by atoms with Gasteiger partial charge in [-0.2, -0.15) is 13.2 Å². The van der Waals surface area contributed by atoms with Crippen LogP contribution in [0.15, 0.2) is 36.4 Å². The normalized spacial score (nSPS) is 13.0. The second kappa shape index (κ2) is 10.1. The molecule has 28 heavy (non-hydrogen) atoms. The van der Waals surface area contributed by atoms with Gasteiger partial charge >= 0.3 is 6.18 Å². The maximum absolute atomic E-state index is 12.9. The second-order valence-corrected chi connectivity index (χ2v) is 7.87. The number of alkyl halides is 3. The summed E-state index contributed by atoms with van der Waals surface area (Å²) >= 11 is 1.20. The molecule has 0 bridgehead atoms. The Morgan fingerprint density at radius 2 is 1.89 bits per heavy atom. The molecule has 1 unspecified atom stereocenters. The van der Waals surface area contributed by atoms with Gasteiger partial charge in [-0.05, 0) is 69.2 Å². The fourth-order valence-corrected chi connectivity index (χ4v) is 3.90. The highest BCUT2D eigenvalue weighted by Gasteiger charge is 2.30. The van der Waals surface area contributed by atoms with Gasteiger partial charge in [-0.15, -0.1) is 11.3 Å². The van der Waals surface area contributed by atoms with Crippen LogP contribution < -0.4 is 5.32 Å². The van der Waals surface area contributed by atoms with Crippen molar-refractivity contribution < 1.29 is 18.0 Å². The first-order chi connectivity index (χ1) is 13.2. The third-order valence-electron chi connectivity index (χ3n) is 4.69. The first kappa shape index (κ1) is 22.4. The lowest BCUT2D eigenvalue weighted by molar-refractivity contribution is -0.137. The number of hydrogen-bond donors (Lipinski definition) is 1. The molecule has 0 saturated heterocycles. The van der Waals surface area contributed by atoms with Crippen LogP contribution in [0.4, 0.5) is 13.2 Å². The van der Waals surface area contributed by atoms with Crippen molar-refractivity contribution in [1.82, 2.24) is 10.2 Å². The standard InChI is InChI=1S/C21H27F3N2OS/c1-4-26(5-2)13-7-8-15(3)25-20(27)19-12-11-18(28-19)16-9-6-10-17(14-16)21(22,23)24/h6,9-12,14-15H,4-5,7-8,13H2,1-3H3,(H,25,27). The monoisotopic (exact) mass is 412 g/mol. The quantitative estimate of drug-likeness (QED) is 0.575. The minimum atomic E-state index is -4.38. The molecule has 1 aromatic carbocycles. The van der Waals surface area contributed by atoms with E-state index in [1.54, 1.807) is 18.2 Å². The van der Waals surface area contributed by atoms with E-state index in [0.717, 1.165) is 44.6 Å². The van der Waals surface area contributed by atoms with Crippen molar-refractivity contribution in [2.24, 2.45) is 0 Å². The highest BCUT2D eigenvalue weighted by atomic mass is 32.1. The van der Waals surface area contributed by atoms with Crippen LogP contribution >= 0.6 is 11.3 Å². The minimum absolute atomic E-state index is 0.0437. The van der Waals surface area contributed by atoms with Gasteiger partial charge in [0.15, 0.2) is 0 Å². The smallest absolute Gasteiger partial charge is 0.349 e. The van der Waals surface area contributed by atoms with Crippen LogP contribution in [0.1, 0.15) is 48.8 Å². The van der Waals surface area contributed by atoms with Crippen molar-refractivity contribution in [3.05, 3.63) is 46.8 Å². The topological polar surface area (TPSA) is 32.3 Å². The Kier molecular flexibility index (Phi) is 8.07. The van der Waals surface area contributed by atoms with E-state index in [9.17, 15) is 18.0 Å². The number of carbonyl (C=O) groups excluding carboxylic acids is 1. The van der Waals surface area contributed by atoms with Crippen molar-refractivity contribution in [2.75, 3.05) is 19.6 Å². The summed E-state index contributed by atoms with van der Waals surface area (Å²) in [4.78, 5) is 15.9. The maximum atomic E-state index is 12.9. The van der Waals surface area contributed by atoms with Gasteiger partial charge in [-0.3, -0.25) is 4.79 Å². The number of carbonyl (C=O) groups is 1. The Labute approximate surface area is 168 Å². The van der Waals surface area contributed by atoms with E-state index in [1.165, 1.54) is 17.4 Å². The average molecular weight is 413 g/mol. The number of thiophene rings is 1. The van der Waals surface area contributed by atoms with E-state index in [-0.39, 0.29) is 11.9 Å². The molecule has 0 fully saturated rings. The zero-order chi connectivity index (χ0) is 20.7. The van der Waals surface area contributed by atoms with Gasteiger partial charge in [-0.1, -0.05) is 26.0 Å². The highest BCUT2D eigenvalue weighted by molar-refractivity contribution is 7.17. The molecule has 0 aliphatic heterocycles. The van der Waals surface area contributed by atoms with Crippen LogP contribution in [0.25, 0.3) is 10.4 Å². The molecular formula is C21H27F3N2OS. The number of rotatable bonds is 9. The lowest BCUT2D eigenvalue weighted by atomic mass is 10.1. The Bertz CT molecular complexity index is 769. The van der Waals surface area contributed by atoms with Crippen LogP contribution in [0.2, 0.25) is 0 Å². The summed E-state index contributed by atoms with van der Waals surface area (Å²) in [7, 11) is 0. The van der Waals surface area contributed by atoms with Gasteiger partial charge in [0.25, 0.3) is 5.91 Å². The van der Waals surface area contributed by atoms with E-state index >= 15 is 0 Å². The van der Waals surface area contributed by atoms with E-state index in [0.29, 0.717) is 15.3 Å². The first-order valence-corrected chi connectivity index (χ1v) is 10.4. The summed E-state index contributed by atoms with van der Waals surface area (Å²) in [5.74, 6) is -0.182. The summed E-state index contributed by atoms with van der Waals surface area (Å²) < 4.78 is 38.7. The van der Waals surface area contributed by atoms with Gasteiger partial charge < -0.3 is 10.2 Å². The molecule has 154 valence electrons. The molecule has 1 aromatic heterocycles. The zero-order valence-corrected chi connectivity index (χ0v) is 17.3. The van der Waals surface area contributed by atoms with Crippen molar-refractivity contribution in [2.45, 2.75) is 45.8 Å². The summed E-state index contributed by atoms with van der Waals surface area (Å²) in [6.45, 7) is 9.28. The number of hydrogen-bond acceptors (Lipinski definition) is 3. The Balaban J connectivity index is 1.95. The molecule has 0 saturated carbocycles. The van der Waals surface area contributed by atoms with Crippen molar-refractivity contribution in [1.29, 1.82) is 0 Å². The van der Waals surface area contributed by atoms with E-state index < -0.39 is 11.7 Å². The number of nitrogens with zero attached hydrogens (tertiary/aromatic N) is 1. The van der Waals surface area contributed by atoms with Crippen LogP contribution in [0.5, 0.6) is 0 Å². The number of amides is 1. The lowest BCUT2D eigenvalue weighted by Gasteiger charge is -2.19. The van der Waals surface area contributed by atoms with E-state index in [1.807, 2.05) is 6.92 Å². The van der Waals surface area contributed by atoms with Gasteiger partial charge in [-0.25, -0.2) is 0 Å². The largest absolute Gasteiger partial charge is 0.416 e. The van der Waals surface area contributed by atoms with Crippen LogP contribution in [0.3, 0.4) is 0 Å². The third-order valence-corrected chi connectivity index (χ3v) is 5.82.